The SMILES string of the molecule is CC(C)(C)c1nnc([C@H]2CCN(Cc3ccc(C(=O)O)cc3)C2)o1. The molecule has 0 saturated carbocycles. The molecule has 0 radical (unpaired) electrons. The minimum atomic E-state index is -0.895. The van der Waals surface area contributed by atoms with E-state index < -0.39 is 5.97 Å². The van der Waals surface area contributed by atoms with Crippen molar-refractivity contribution in [2.45, 2.75) is 45.1 Å². The van der Waals surface area contributed by atoms with Gasteiger partial charge in [-0.25, -0.2) is 4.79 Å². The minimum Gasteiger partial charge on any atom is -0.478 e. The molecule has 6 heteroatoms. The van der Waals surface area contributed by atoms with Crippen molar-refractivity contribution in [3.8, 4) is 0 Å². The van der Waals surface area contributed by atoms with Gasteiger partial charge < -0.3 is 9.52 Å². The molecule has 6 nitrogen and oxygen atoms in total. The Kier molecular flexibility index (Phi) is 4.41. The summed E-state index contributed by atoms with van der Waals surface area (Å²) in [6.07, 6.45) is 0.999. The van der Waals surface area contributed by atoms with Crippen LogP contribution in [-0.2, 0) is 12.0 Å². The molecule has 1 aliphatic heterocycles. The third kappa shape index (κ3) is 3.64. The number of hydrogen-bond donors (Lipinski definition) is 1. The third-order valence-corrected chi connectivity index (χ3v) is 4.31. The molecular weight excluding hydrogens is 306 g/mol. The molecule has 0 unspecified atom stereocenters. The number of hydrogen-bond acceptors (Lipinski definition) is 5. The van der Waals surface area contributed by atoms with E-state index in [2.05, 4.69) is 35.9 Å². The molecule has 1 atom stereocenters. The topological polar surface area (TPSA) is 79.5 Å². The maximum Gasteiger partial charge on any atom is 0.335 e. The Morgan fingerprint density at radius 2 is 2.00 bits per heavy atom. The Labute approximate surface area is 141 Å². The van der Waals surface area contributed by atoms with Gasteiger partial charge in [0.15, 0.2) is 0 Å². The number of nitrogens with zero attached hydrogens (tertiary/aromatic N) is 3. The molecule has 1 saturated heterocycles. The van der Waals surface area contributed by atoms with Crippen LogP contribution in [0.5, 0.6) is 0 Å². The van der Waals surface area contributed by atoms with Gasteiger partial charge in [-0.2, -0.15) is 0 Å². The lowest BCUT2D eigenvalue weighted by Crippen LogP contribution is -2.19. The van der Waals surface area contributed by atoms with Crippen LogP contribution in [0.25, 0.3) is 0 Å². The number of likely N-dealkylation sites (tertiary alicyclic amines) is 1. The van der Waals surface area contributed by atoms with Crippen LogP contribution in [-0.4, -0.2) is 39.3 Å². The Morgan fingerprint density at radius 1 is 1.29 bits per heavy atom. The van der Waals surface area contributed by atoms with Gasteiger partial charge in [0.1, 0.15) is 0 Å². The van der Waals surface area contributed by atoms with Crippen molar-refractivity contribution in [2.24, 2.45) is 0 Å². The molecule has 24 heavy (non-hydrogen) atoms. The summed E-state index contributed by atoms with van der Waals surface area (Å²) in [6, 6.07) is 7.06. The summed E-state index contributed by atoms with van der Waals surface area (Å²) in [6.45, 7) is 8.84. The lowest BCUT2D eigenvalue weighted by atomic mass is 9.97. The van der Waals surface area contributed by atoms with Crippen LogP contribution in [0.1, 0.15) is 60.8 Å². The van der Waals surface area contributed by atoms with Crippen LogP contribution in [0, 0.1) is 0 Å². The summed E-state index contributed by atoms with van der Waals surface area (Å²) < 4.78 is 5.86. The van der Waals surface area contributed by atoms with Gasteiger partial charge in [0.2, 0.25) is 11.8 Å². The molecule has 2 heterocycles. The summed E-state index contributed by atoms with van der Waals surface area (Å²) in [7, 11) is 0. The Morgan fingerprint density at radius 3 is 2.58 bits per heavy atom. The van der Waals surface area contributed by atoms with Crippen LogP contribution in [0.4, 0.5) is 0 Å². The van der Waals surface area contributed by atoms with Gasteiger partial charge in [0, 0.05) is 18.5 Å². The second-order valence-electron chi connectivity index (χ2n) is 7.42. The van der Waals surface area contributed by atoms with Crippen molar-refractivity contribution >= 4 is 5.97 Å². The maximum absolute atomic E-state index is 10.9. The van der Waals surface area contributed by atoms with E-state index in [0.29, 0.717) is 11.5 Å². The second-order valence-corrected chi connectivity index (χ2v) is 7.42. The van der Waals surface area contributed by atoms with Crippen molar-refractivity contribution < 1.29 is 14.3 Å². The fourth-order valence-corrected chi connectivity index (χ4v) is 2.89. The van der Waals surface area contributed by atoms with Crippen LogP contribution < -0.4 is 0 Å². The lowest BCUT2D eigenvalue weighted by molar-refractivity contribution is 0.0697. The normalized spacial score (nSPS) is 18.9. The molecule has 1 fully saturated rings. The van der Waals surface area contributed by atoms with E-state index in [4.69, 9.17) is 9.52 Å². The molecule has 0 spiro atoms. The van der Waals surface area contributed by atoms with Gasteiger partial charge in [-0.15, -0.1) is 10.2 Å². The number of carboxylic acids is 1. The molecule has 3 rings (SSSR count). The quantitative estimate of drug-likeness (QED) is 0.928. The van der Waals surface area contributed by atoms with E-state index in [1.54, 1.807) is 12.1 Å². The van der Waals surface area contributed by atoms with Crippen molar-refractivity contribution in [3.63, 3.8) is 0 Å². The zero-order valence-electron chi connectivity index (χ0n) is 14.3. The number of benzene rings is 1. The molecule has 1 N–H and O–H groups in total. The van der Waals surface area contributed by atoms with Gasteiger partial charge in [-0.3, -0.25) is 4.90 Å². The number of rotatable bonds is 4. The van der Waals surface area contributed by atoms with Gasteiger partial charge in [-0.1, -0.05) is 32.9 Å². The summed E-state index contributed by atoms with van der Waals surface area (Å²) in [5, 5.41) is 17.4. The lowest BCUT2D eigenvalue weighted by Gasteiger charge is -2.15. The highest BCUT2D eigenvalue weighted by Gasteiger charge is 2.30. The molecule has 1 aromatic carbocycles. The molecule has 1 aliphatic rings. The number of carboxylic acid groups (broad SMARTS) is 1. The van der Waals surface area contributed by atoms with Crippen LogP contribution in [0.2, 0.25) is 0 Å². The van der Waals surface area contributed by atoms with Gasteiger partial charge in [0.25, 0.3) is 0 Å². The minimum absolute atomic E-state index is 0.130. The van der Waals surface area contributed by atoms with Gasteiger partial charge >= 0.3 is 5.97 Å². The van der Waals surface area contributed by atoms with Crippen molar-refractivity contribution in [3.05, 3.63) is 47.2 Å². The van der Waals surface area contributed by atoms with E-state index >= 15 is 0 Å². The van der Waals surface area contributed by atoms with E-state index in [1.807, 2.05) is 12.1 Å². The molecule has 1 aromatic heterocycles. The Bertz CT molecular complexity index is 716. The number of aromatic nitrogens is 2. The zero-order valence-corrected chi connectivity index (χ0v) is 14.3. The summed E-state index contributed by atoms with van der Waals surface area (Å²) in [4.78, 5) is 13.2. The maximum atomic E-state index is 10.9. The van der Waals surface area contributed by atoms with Crippen molar-refractivity contribution in [2.75, 3.05) is 13.1 Å². The first-order chi connectivity index (χ1) is 11.3. The standard InChI is InChI=1S/C18H23N3O3/c1-18(2,3)17-20-19-15(24-17)14-8-9-21(11-14)10-12-4-6-13(7-5-12)16(22)23/h4-7,14H,8-11H2,1-3H3,(H,22,23)/t14-/m0/s1. The molecular formula is C18H23N3O3. The smallest absolute Gasteiger partial charge is 0.335 e. The average molecular weight is 329 g/mol. The van der Waals surface area contributed by atoms with Gasteiger partial charge in [0.05, 0.1) is 11.5 Å². The highest BCUT2D eigenvalue weighted by Crippen LogP contribution is 2.29. The fourth-order valence-electron chi connectivity index (χ4n) is 2.89. The van der Waals surface area contributed by atoms with Crippen LogP contribution in [0.3, 0.4) is 0 Å². The van der Waals surface area contributed by atoms with E-state index in [0.717, 1.165) is 37.5 Å². The molecule has 0 bridgehead atoms. The first kappa shape index (κ1) is 16.6. The van der Waals surface area contributed by atoms with E-state index in [1.165, 1.54) is 0 Å². The van der Waals surface area contributed by atoms with Gasteiger partial charge in [-0.05, 0) is 30.7 Å². The van der Waals surface area contributed by atoms with Crippen LogP contribution >= 0.6 is 0 Å². The molecule has 128 valence electrons. The summed E-state index contributed by atoms with van der Waals surface area (Å²) in [5.74, 6) is 0.782. The first-order valence-electron chi connectivity index (χ1n) is 8.21. The molecule has 0 aliphatic carbocycles. The third-order valence-electron chi connectivity index (χ3n) is 4.31. The first-order valence-corrected chi connectivity index (χ1v) is 8.21. The van der Waals surface area contributed by atoms with E-state index in [-0.39, 0.29) is 11.3 Å². The largest absolute Gasteiger partial charge is 0.478 e. The number of carbonyl (C=O) groups is 1. The highest BCUT2D eigenvalue weighted by atomic mass is 16.4. The predicted octanol–water partition coefficient (Wildman–Crippen LogP) is 3.05. The fraction of sp³-hybridized carbons (Fsp3) is 0.500. The summed E-state index contributed by atoms with van der Waals surface area (Å²) >= 11 is 0. The molecule has 2 aromatic rings. The Balaban J connectivity index is 1.61. The van der Waals surface area contributed by atoms with E-state index in [9.17, 15) is 4.79 Å². The molecule has 0 amide bonds. The Hall–Kier alpha value is -2.21. The predicted molar refractivity (Wildman–Crippen MR) is 89.0 cm³/mol. The summed E-state index contributed by atoms with van der Waals surface area (Å²) in [5.41, 5.74) is 1.30. The number of aromatic carboxylic acids is 1. The van der Waals surface area contributed by atoms with Crippen molar-refractivity contribution in [1.29, 1.82) is 0 Å². The van der Waals surface area contributed by atoms with Crippen molar-refractivity contribution in [1.82, 2.24) is 15.1 Å². The monoisotopic (exact) mass is 329 g/mol. The zero-order chi connectivity index (χ0) is 17.3. The average Bonchev–Trinajstić information content (AvgIpc) is 3.15. The van der Waals surface area contributed by atoms with Crippen LogP contribution in [0.15, 0.2) is 28.7 Å². The highest BCUT2D eigenvalue weighted by molar-refractivity contribution is 5.87. The second kappa shape index (κ2) is 6.36.